The van der Waals surface area contributed by atoms with E-state index in [4.69, 9.17) is 0 Å². The van der Waals surface area contributed by atoms with Crippen LogP contribution >= 0.6 is 15.9 Å². The molecule has 1 amide bonds. The number of hydrogen-bond donors (Lipinski definition) is 0. The summed E-state index contributed by atoms with van der Waals surface area (Å²) in [4.78, 5) is 17.3. The largest absolute Gasteiger partial charge is 0.342 e. The number of halogens is 1. The molecule has 1 aromatic heterocycles. The smallest absolute Gasteiger partial charge is 0.256 e. The Morgan fingerprint density at radius 2 is 2.38 bits per heavy atom. The number of pyridine rings is 1. The van der Waals surface area contributed by atoms with Crippen molar-refractivity contribution in [2.24, 2.45) is 0 Å². The van der Waals surface area contributed by atoms with Gasteiger partial charge in [-0.25, -0.2) is 4.98 Å². The van der Waals surface area contributed by atoms with Gasteiger partial charge in [-0.2, -0.15) is 0 Å². The van der Waals surface area contributed by atoms with Crippen LogP contribution in [0.2, 0.25) is 0 Å². The van der Waals surface area contributed by atoms with Crippen LogP contribution in [0.4, 0.5) is 0 Å². The predicted octanol–water partition coefficient (Wildman–Crippen LogP) is 1.94. The third-order valence-electron chi connectivity index (χ3n) is 1.81. The van der Waals surface area contributed by atoms with Gasteiger partial charge in [0.25, 0.3) is 5.91 Å². The Bertz CT molecular complexity index is 314. The first-order chi connectivity index (χ1) is 6.16. The first kappa shape index (κ1) is 10.2. The molecule has 0 spiro atoms. The lowest BCUT2D eigenvalue weighted by Crippen LogP contribution is -2.26. The molecular weight excluding hydrogens is 232 g/mol. The van der Waals surface area contributed by atoms with E-state index in [-0.39, 0.29) is 5.91 Å². The van der Waals surface area contributed by atoms with Crippen LogP contribution in [0.25, 0.3) is 0 Å². The molecule has 0 aliphatic rings. The van der Waals surface area contributed by atoms with Gasteiger partial charge in [0.2, 0.25) is 0 Å². The highest BCUT2D eigenvalue weighted by Gasteiger charge is 2.12. The van der Waals surface area contributed by atoms with Crippen molar-refractivity contribution < 1.29 is 4.79 Å². The Kier molecular flexibility index (Phi) is 3.42. The van der Waals surface area contributed by atoms with Gasteiger partial charge < -0.3 is 4.90 Å². The molecule has 0 atom stereocenters. The zero-order valence-corrected chi connectivity index (χ0v) is 9.21. The summed E-state index contributed by atoms with van der Waals surface area (Å²) in [7, 11) is 1.77. The summed E-state index contributed by atoms with van der Waals surface area (Å²) in [5, 5.41) is 0. The van der Waals surface area contributed by atoms with E-state index >= 15 is 0 Å². The summed E-state index contributed by atoms with van der Waals surface area (Å²) in [6.07, 6.45) is 1.65. The van der Waals surface area contributed by atoms with Crippen molar-refractivity contribution in [3.05, 3.63) is 28.5 Å². The first-order valence-electron chi connectivity index (χ1n) is 4.02. The molecule has 0 aliphatic heterocycles. The molecule has 0 saturated carbocycles. The van der Waals surface area contributed by atoms with Gasteiger partial charge in [0.1, 0.15) is 4.60 Å². The van der Waals surface area contributed by atoms with Crippen molar-refractivity contribution in [2.75, 3.05) is 13.6 Å². The van der Waals surface area contributed by atoms with E-state index in [1.807, 2.05) is 6.92 Å². The van der Waals surface area contributed by atoms with Gasteiger partial charge >= 0.3 is 0 Å². The second-order valence-electron chi connectivity index (χ2n) is 2.66. The number of carbonyl (C=O) groups is 1. The highest BCUT2D eigenvalue weighted by molar-refractivity contribution is 9.10. The number of carbonyl (C=O) groups excluding carboxylic acids is 1. The maximum Gasteiger partial charge on any atom is 0.256 e. The van der Waals surface area contributed by atoms with Gasteiger partial charge in [0.15, 0.2) is 0 Å². The molecule has 1 rings (SSSR count). The van der Waals surface area contributed by atoms with E-state index in [9.17, 15) is 4.79 Å². The fraction of sp³-hybridized carbons (Fsp3) is 0.333. The van der Waals surface area contributed by atoms with Crippen LogP contribution in [0.3, 0.4) is 0 Å². The normalized spacial score (nSPS) is 9.77. The molecule has 0 N–H and O–H groups in total. The van der Waals surface area contributed by atoms with E-state index in [1.165, 1.54) is 0 Å². The number of amides is 1. The van der Waals surface area contributed by atoms with Crippen LogP contribution in [0.15, 0.2) is 22.9 Å². The molecule has 70 valence electrons. The molecule has 4 heteroatoms. The van der Waals surface area contributed by atoms with E-state index in [2.05, 4.69) is 20.9 Å². The molecule has 0 radical (unpaired) electrons. The van der Waals surface area contributed by atoms with Gasteiger partial charge in [0, 0.05) is 19.8 Å². The maximum absolute atomic E-state index is 11.7. The summed E-state index contributed by atoms with van der Waals surface area (Å²) in [5.74, 6) is -0.0116. The molecular formula is C9H11BrN2O. The van der Waals surface area contributed by atoms with E-state index in [0.717, 1.165) is 0 Å². The Hall–Kier alpha value is -0.900. The lowest BCUT2D eigenvalue weighted by Gasteiger charge is -2.14. The minimum absolute atomic E-state index is 0.0116. The fourth-order valence-electron chi connectivity index (χ4n) is 0.895. The van der Waals surface area contributed by atoms with E-state index < -0.39 is 0 Å². The lowest BCUT2D eigenvalue weighted by atomic mass is 10.2. The SMILES string of the molecule is CCN(C)C(=O)c1cccnc1Br. The van der Waals surface area contributed by atoms with E-state index in [0.29, 0.717) is 16.7 Å². The minimum Gasteiger partial charge on any atom is -0.342 e. The van der Waals surface area contributed by atoms with Crippen LogP contribution in [-0.4, -0.2) is 29.4 Å². The van der Waals surface area contributed by atoms with Gasteiger partial charge in [-0.15, -0.1) is 0 Å². The first-order valence-corrected chi connectivity index (χ1v) is 4.82. The van der Waals surface area contributed by atoms with Crippen LogP contribution in [0.5, 0.6) is 0 Å². The third-order valence-corrected chi connectivity index (χ3v) is 2.44. The maximum atomic E-state index is 11.7. The average molecular weight is 243 g/mol. The molecule has 0 bridgehead atoms. The quantitative estimate of drug-likeness (QED) is 0.743. The number of nitrogens with zero attached hydrogens (tertiary/aromatic N) is 2. The molecule has 0 fully saturated rings. The summed E-state index contributed by atoms with van der Waals surface area (Å²) in [5.41, 5.74) is 0.604. The number of aromatic nitrogens is 1. The van der Waals surface area contributed by atoms with Crippen LogP contribution < -0.4 is 0 Å². The zero-order valence-electron chi connectivity index (χ0n) is 7.62. The second-order valence-corrected chi connectivity index (χ2v) is 3.41. The molecule has 0 saturated heterocycles. The molecule has 0 aromatic carbocycles. The standard InChI is InChI=1S/C9H11BrN2O/c1-3-12(2)9(13)7-5-4-6-11-8(7)10/h4-6H,3H2,1-2H3. The fourth-order valence-corrected chi connectivity index (χ4v) is 1.31. The Morgan fingerprint density at radius 1 is 1.69 bits per heavy atom. The van der Waals surface area contributed by atoms with Crippen LogP contribution in [-0.2, 0) is 0 Å². The zero-order chi connectivity index (χ0) is 9.84. The third kappa shape index (κ3) is 2.28. The topological polar surface area (TPSA) is 33.2 Å². The Balaban J connectivity index is 2.95. The minimum atomic E-state index is -0.0116. The summed E-state index contributed by atoms with van der Waals surface area (Å²) in [6, 6.07) is 3.51. The second kappa shape index (κ2) is 4.37. The average Bonchev–Trinajstić information content (AvgIpc) is 2.16. The molecule has 1 heterocycles. The highest BCUT2D eigenvalue weighted by Crippen LogP contribution is 2.13. The van der Waals surface area contributed by atoms with Crippen molar-refractivity contribution in [3.63, 3.8) is 0 Å². The Morgan fingerprint density at radius 3 is 2.92 bits per heavy atom. The predicted molar refractivity (Wildman–Crippen MR) is 54.6 cm³/mol. The summed E-state index contributed by atoms with van der Waals surface area (Å²) >= 11 is 3.24. The summed E-state index contributed by atoms with van der Waals surface area (Å²) < 4.78 is 0.598. The van der Waals surface area contributed by atoms with Crippen molar-refractivity contribution in [1.82, 2.24) is 9.88 Å². The van der Waals surface area contributed by atoms with Crippen molar-refractivity contribution in [2.45, 2.75) is 6.92 Å². The van der Waals surface area contributed by atoms with Crippen LogP contribution in [0, 0.1) is 0 Å². The number of rotatable bonds is 2. The van der Waals surface area contributed by atoms with Gasteiger partial charge in [-0.05, 0) is 35.0 Å². The van der Waals surface area contributed by atoms with Crippen molar-refractivity contribution in [3.8, 4) is 0 Å². The lowest BCUT2D eigenvalue weighted by molar-refractivity contribution is 0.0801. The van der Waals surface area contributed by atoms with E-state index in [1.54, 1.807) is 30.3 Å². The molecule has 0 unspecified atom stereocenters. The molecule has 1 aromatic rings. The molecule has 3 nitrogen and oxygen atoms in total. The highest BCUT2D eigenvalue weighted by atomic mass is 79.9. The summed E-state index contributed by atoms with van der Waals surface area (Å²) in [6.45, 7) is 2.63. The molecule has 0 aliphatic carbocycles. The van der Waals surface area contributed by atoms with Crippen LogP contribution in [0.1, 0.15) is 17.3 Å². The van der Waals surface area contributed by atoms with Crippen molar-refractivity contribution >= 4 is 21.8 Å². The monoisotopic (exact) mass is 242 g/mol. The number of hydrogen-bond acceptors (Lipinski definition) is 2. The van der Waals surface area contributed by atoms with Gasteiger partial charge in [-0.3, -0.25) is 4.79 Å². The van der Waals surface area contributed by atoms with Crippen molar-refractivity contribution in [1.29, 1.82) is 0 Å². The van der Waals surface area contributed by atoms with Gasteiger partial charge in [0.05, 0.1) is 5.56 Å². The van der Waals surface area contributed by atoms with Gasteiger partial charge in [-0.1, -0.05) is 0 Å². The Labute approximate surface area is 85.9 Å². The molecule has 13 heavy (non-hydrogen) atoms.